The third kappa shape index (κ3) is 2.78. The lowest BCUT2D eigenvalue weighted by Crippen LogP contribution is -2.13. The number of nitrogens with two attached hydrogens (primary N) is 1. The molecular weight excluding hydrogens is 264 g/mol. The van der Waals surface area contributed by atoms with Crippen molar-refractivity contribution in [1.82, 2.24) is 14.8 Å². The molecule has 0 unspecified atom stereocenters. The van der Waals surface area contributed by atoms with Crippen molar-refractivity contribution in [2.75, 3.05) is 13.7 Å². The fourth-order valence-electron chi connectivity index (χ4n) is 1.92. The highest BCUT2D eigenvalue weighted by atomic mass is 35.5. The molecule has 102 valence electrons. The molecule has 0 fully saturated rings. The maximum atomic E-state index is 6.34. The summed E-state index contributed by atoms with van der Waals surface area (Å²) in [7, 11) is 1.66. The Kier molecular flexibility index (Phi) is 4.52. The third-order valence-electron chi connectivity index (χ3n) is 2.96. The average Bonchev–Trinajstić information content (AvgIpc) is 2.82. The first kappa shape index (κ1) is 14.0. The highest BCUT2D eigenvalue weighted by Gasteiger charge is 2.15. The van der Waals surface area contributed by atoms with Gasteiger partial charge >= 0.3 is 0 Å². The van der Waals surface area contributed by atoms with E-state index in [2.05, 4.69) is 10.2 Å². The first-order valence-corrected chi connectivity index (χ1v) is 6.43. The summed E-state index contributed by atoms with van der Waals surface area (Å²) in [6.45, 7) is 3.52. The lowest BCUT2D eigenvalue weighted by Gasteiger charge is -2.11. The van der Waals surface area contributed by atoms with Gasteiger partial charge < -0.3 is 15.0 Å². The van der Waals surface area contributed by atoms with E-state index in [4.69, 9.17) is 22.1 Å². The zero-order chi connectivity index (χ0) is 13.8. The van der Waals surface area contributed by atoms with Crippen molar-refractivity contribution in [3.8, 4) is 11.4 Å². The molecule has 0 aliphatic rings. The van der Waals surface area contributed by atoms with E-state index in [0.29, 0.717) is 24.7 Å². The molecule has 5 nitrogen and oxygen atoms in total. The summed E-state index contributed by atoms with van der Waals surface area (Å²) in [5.41, 5.74) is 7.56. The van der Waals surface area contributed by atoms with E-state index in [1.165, 1.54) is 0 Å². The standard InChI is InChI=1S/C13H17ClN4O/c1-9-4-3-5-10(12(9)14)13-17-16-11(8-15)18(13)6-7-19-2/h3-5H,6-8,15H2,1-2H3. The summed E-state index contributed by atoms with van der Waals surface area (Å²) < 4.78 is 7.06. The predicted molar refractivity (Wildman–Crippen MR) is 75.0 cm³/mol. The highest BCUT2D eigenvalue weighted by molar-refractivity contribution is 6.33. The molecule has 19 heavy (non-hydrogen) atoms. The highest BCUT2D eigenvalue weighted by Crippen LogP contribution is 2.29. The quantitative estimate of drug-likeness (QED) is 0.910. The molecule has 1 aromatic carbocycles. The summed E-state index contributed by atoms with van der Waals surface area (Å²) in [6.07, 6.45) is 0. The van der Waals surface area contributed by atoms with Gasteiger partial charge in [0.2, 0.25) is 0 Å². The van der Waals surface area contributed by atoms with E-state index in [1.54, 1.807) is 7.11 Å². The smallest absolute Gasteiger partial charge is 0.165 e. The molecule has 0 radical (unpaired) electrons. The molecule has 2 aromatic rings. The Morgan fingerprint density at radius 1 is 1.37 bits per heavy atom. The van der Waals surface area contributed by atoms with E-state index in [0.717, 1.165) is 22.8 Å². The van der Waals surface area contributed by atoms with Gasteiger partial charge in [0.25, 0.3) is 0 Å². The number of hydrogen-bond donors (Lipinski definition) is 1. The summed E-state index contributed by atoms with van der Waals surface area (Å²) >= 11 is 6.34. The summed E-state index contributed by atoms with van der Waals surface area (Å²) in [5, 5.41) is 9.01. The molecule has 0 aliphatic heterocycles. The van der Waals surface area contributed by atoms with Crippen molar-refractivity contribution in [2.24, 2.45) is 5.73 Å². The summed E-state index contributed by atoms with van der Waals surface area (Å²) in [6, 6.07) is 5.85. The lowest BCUT2D eigenvalue weighted by molar-refractivity contribution is 0.186. The van der Waals surface area contributed by atoms with Crippen molar-refractivity contribution in [3.05, 3.63) is 34.6 Å². The van der Waals surface area contributed by atoms with E-state index in [1.807, 2.05) is 29.7 Å². The number of aromatic nitrogens is 3. The van der Waals surface area contributed by atoms with Crippen LogP contribution >= 0.6 is 11.6 Å². The van der Waals surface area contributed by atoms with Crippen LogP contribution in [-0.4, -0.2) is 28.5 Å². The van der Waals surface area contributed by atoms with Gasteiger partial charge in [-0.1, -0.05) is 23.7 Å². The number of aryl methyl sites for hydroxylation is 1. The molecular formula is C13H17ClN4O. The average molecular weight is 281 g/mol. The van der Waals surface area contributed by atoms with E-state index in [-0.39, 0.29) is 0 Å². The lowest BCUT2D eigenvalue weighted by atomic mass is 10.1. The molecule has 1 heterocycles. The fraction of sp³-hybridized carbons (Fsp3) is 0.385. The summed E-state index contributed by atoms with van der Waals surface area (Å²) in [5.74, 6) is 1.45. The zero-order valence-electron chi connectivity index (χ0n) is 11.1. The second kappa shape index (κ2) is 6.14. The van der Waals surface area contributed by atoms with Gasteiger partial charge in [-0.05, 0) is 18.6 Å². The minimum Gasteiger partial charge on any atom is -0.383 e. The number of hydrogen-bond acceptors (Lipinski definition) is 4. The Bertz CT molecular complexity index is 568. The first-order valence-electron chi connectivity index (χ1n) is 6.05. The predicted octanol–water partition coefficient (Wildman–Crippen LogP) is 2.01. The van der Waals surface area contributed by atoms with Crippen LogP contribution in [-0.2, 0) is 17.8 Å². The van der Waals surface area contributed by atoms with Gasteiger partial charge in [-0.15, -0.1) is 10.2 Å². The van der Waals surface area contributed by atoms with E-state index in [9.17, 15) is 0 Å². The van der Waals surface area contributed by atoms with Gasteiger partial charge in [0.1, 0.15) is 5.82 Å². The van der Waals surface area contributed by atoms with Crippen LogP contribution in [0.3, 0.4) is 0 Å². The van der Waals surface area contributed by atoms with Crippen LogP contribution in [0, 0.1) is 6.92 Å². The van der Waals surface area contributed by atoms with Gasteiger partial charge in [-0.25, -0.2) is 0 Å². The van der Waals surface area contributed by atoms with Crippen LogP contribution in [0.25, 0.3) is 11.4 Å². The van der Waals surface area contributed by atoms with Gasteiger partial charge in [0.05, 0.1) is 18.2 Å². The topological polar surface area (TPSA) is 66.0 Å². The summed E-state index contributed by atoms with van der Waals surface area (Å²) in [4.78, 5) is 0. The van der Waals surface area contributed by atoms with Crippen LogP contribution in [0.2, 0.25) is 5.02 Å². The van der Waals surface area contributed by atoms with Crippen LogP contribution in [0.5, 0.6) is 0 Å². The fourth-order valence-corrected chi connectivity index (χ4v) is 2.13. The molecule has 0 aliphatic carbocycles. The minimum atomic E-state index is 0.333. The Morgan fingerprint density at radius 2 is 2.16 bits per heavy atom. The molecule has 0 saturated heterocycles. The van der Waals surface area contributed by atoms with E-state index >= 15 is 0 Å². The monoisotopic (exact) mass is 280 g/mol. The Labute approximate surface area is 117 Å². The largest absolute Gasteiger partial charge is 0.383 e. The normalized spacial score (nSPS) is 10.9. The van der Waals surface area contributed by atoms with Crippen LogP contribution in [0.15, 0.2) is 18.2 Å². The molecule has 6 heteroatoms. The van der Waals surface area contributed by atoms with Gasteiger partial charge in [0.15, 0.2) is 5.82 Å². The van der Waals surface area contributed by atoms with Gasteiger partial charge in [0, 0.05) is 19.2 Å². The molecule has 0 spiro atoms. The van der Waals surface area contributed by atoms with E-state index < -0.39 is 0 Å². The van der Waals surface area contributed by atoms with Crippen LogP contribution in [0.1, 0.15) is 11.4 Å². The molecule has 1 aromatic heterocycles. The molecule has 2 rings (SSSR count). The van der Waals surface area contributed by atoms with Gasteiger partial charge in [-0.3, -0.25) is 0 Å². The number of nitrogens with zero attached hydrogens (tertiary/aromatic N) is 3. The minimum absolute atomic E-state index is 0.333. The maximum Gasteiger partial charge on any atom is 0.165 e. The van der Waals surface area contributed by atoms with Crippen LogP contribution in [0.4, 0.5) is 0 Å². The number of rotatable bonds is 5. The van der Waals surface area contributed by atoms with Crippen molar-refractivity contribution >= 4 is 11.6 Å². The Morgan fingerprint density at radius 3 is 2.84 bits per heavy atom. The molecule has 2 N–H and O–H groups in total. The van der Waals surface area contributed by atoms with Crippen molar-refractivity contribution < 1.29 is 4.74 Å². The van der Waals surface area contributed by atoms with Crippen molar-refractivity contribution in [2.45, 2.75) is 20.0 Å². The molecule has 0 amide bonds. The van der Waals surface area contributed by atoms with Gasteiger partial charge in [-0.2, -0.15) is 0 Å². The SMILES string of the molecule is COCCn1c(CN)nnc1-c1cccc(C)c1Cl. The third-order valence-corrected chi connectivity index (χ3v) is 3.46. The number of benzene rings is 1. The second-order valence-electron chi connectivity index (χ2n) is 4.22. The second-order valence-corrected chi connectivity index (χ2v) is 4.60. The Balaban J connectivity index is 2.49. The molecule has 0 atom stereocenters. The number of ether oxygens (including phenoxy) is 1. The van der Waals surface area contributed by atoms with Crippen LogP contribution < -0.4 is 5.73 Å². The zero-order valence-corrected chi connectivity index (χ0v) is 11.8. The van der Waals surface area contributed by atoms with Crippen molar-refractivity contribution in [1.29, 1.82) is 0 Å². The maximum absolute atomic E-state index is 6.34. The first-order chi connectivity index (χ1) is 9.19. The number of halogens is 1. The molecule has 0 saturated carbocycles. The van der Waals surface area contributed by atoms with Crippen molar-refractivity contribution in [3.63, 3.8) is 0 Å². The Hall–Kier alpha value is -1.43. The number of methoxy groups -OCH3 is 1. The molecule has 0 bridgehead atoms.